The van der Waals surface area contributed by atoms with Gasteiger partial charge in [0.15, 0.2) is 0 Å². The van der Waals surface area contributed by atoms with Crippen molar-refractivity contribution in [2.45, 2.75) is 0 Å². The molecule has 2 heterocycles. The monoisotopic (exact) mass is 977 g/mol. The minimum Gasteiger partial charge on any atom is -0.344 e. The first-order chi connectivity index (χ1) is 37.2. The van der Waals surface area contributed by atoms with Gasteiger partial charge in [-0.15, -0.1) is 0 Å². The van der Waals surface area contributed by atoms with Gasteiger partial charge in [-0.3, -0.25) is 9.97 Å². The van der Waals surface area contributed by atoms with Gasteiger partial charge >= 0.3 is 0 Å². The Morgan fingerprint density at radius 2 is 0.613 bits per heavy atom. The summed E-state index contributed by atoms with van der Waals surface area (Å²) in [6.07, 6.45) is 3.75. The van der Waals surface area contributed by atoms with Crippen LogP contribution in [-0.2, 0) is 0 Å². The second kappa shape index (κ2) is 22.5. The Hall–Kier alpha value is -9.48. The summed E-state index contributed by atoms with van der Waals surface area (Å²) in [7, 11) is 6.97. The number of anilines is 6. The van der Waals surface area contributed by atoms with Gasteiger partial charge in [0.05, 0.1) is 22.4 Å². The van der Waals surface area contributed by atoms with Crippen molar-refractivity contribution in [1.82, 2.24) is 9.97 Å². The van der Waals surface area contributed by atoms with E-state index in [9.17, 15) is 0 Å². The molecule has 13 rings (SSSR count). The molecule has 0 fully saturated rings. The number of fused-ring (bicyclic) bond motifs is 5. The Morgan fingerprint density at radius 1 is 0.293 bits per heavy atom. The molecule has 7 heteroatoms. The molecule has 0 saturated heterocycles. The lowest BCUT2D eigenvalue weighted by atomic mass is 9.97. The standard InChI is InChI=1S/C44H32N2.C24H16N2.BHNP/c1-3-17-37(18-4-1)45(43-23-11-15-35-13-7-9-21-41(35)43)39-29-25-33(26-30-39)34-27-31-40(32-28-34)46(38-19-5-2-6-20-38)44-24-12-16-36-14-8-10-22-42(36)44;1-3-7-17(8-4-1)19-13-15-25-23-21(19)11-12-22-20(14-16-26-24(22)23)18-9-5-2-6-10-18;1-2-3/h1-32H;1-16H;3H. The van der Waals surface area contributed by atoms with Crippen LogP contribution in [0.3, 0.4) is 0 Å². The third-order valence-electron chi connectivity index (χ3n) is 13.4. The summed E-state index contributed by atoms with van der Waals surface area (Å²) in [6, 6.07) is 98.6. The minimum absolute atomic E-state index is 0.946. The summed E-state index contributed by atoms with van der Waals surface area (Å²) in [5.74, 6) is 0. The predicted octanol–water partition coefficient (Wildman–Crippen LogP) is 19.1. The second-order valence-electron chi connectivity index (χ2n) is 17.9. The largest absolute Gasteiger partial charge is 0.344 e. The SMILES string of the molecule is [B]N=P.c1ccc(-c2ccnc3c2ccc2c(-c4ccccc4)ccnc23)cc1.c1ccc(N(c2ccc(-c3ccc(N(c4ccccc4)c4cccc5ccccc45)cc3)cc2)c2cccc3ccccc23)cc1. The van der Waals surface area contributed by atoms with Crippen LogP contribution in [0.4, 0.5) is 34.1 Å². The van der Waals surface area contributed by atoms with E-state index in [2.05, 4.69) is 308 Å². The molecule has 0 saturated carbocycles. The maximum Gasteiger partial charge on any atom is 0.265 e. The fourth-order valence-corrected chi connectivity index (χ4v) is 9.99. The van der Waals surface area contributed by atoms with E-state index in [0.29, 0.717) is 0 Å². The molecule has 0 N–H and O–H groups in total. The van der Waals surface area contributed by atoms with Crippen LogP contribution in [-0.4, -0.2) is 17.9 Å². The summed E-state index contributed by atoms with van der Waals surface area (Å²) in [5.41, 5.74) is 15.8. The first kappa shape index (κ1) is 47.8. The van der Waals surface area contributed by atoms with Gasteiger partial charge in [0.1, 0.15) is 0 Å². The molecular formula is C68H49BN5P. The molecule has 2 radical (unpaired) electrons. The van der Waals surface area contributed by atoms with Gasteiger partial charge in [0.2, 0.25) is 0 Å². The number of aromatic nitrogens is 2. The van der Waals surface area contributed by atoms with Crippen LogP contribution in [0.15, 0.2) is 296 Å². The molecule has 0 aliphatic carbocycles. The molecular weight excluding hydrogens is 929 g/mol. The molecule has 2 aromatic heterocycles. The van der Waals surface area contributed by atoms with Gasteiger partial charge in [-0.1, -0.05) is 206 Å². The smallest absolute Gasteiger partial charge is 0.265 e. The van der Waals surface area contributed by atoms with E-state index in [4.69, 9.17) is 0 Å². The Balaban J connectivity index is 0.000000175. The highest BCUT2D eigenvalue weighted by Gasteiger charge is 2.18. The van der Waals surface area contributed by atoms with Gasteiger partial charge in [-0.05, 0) is 126 Å². The number of rotatable bonds is 9. The summed E-state index contributed by atoms with van der Waals surface area (Å²) in [4.78, 5) is 14.0. The molecule has 75 heavy (non-hydrogen) atoms. The highest BCUT2D eigenvalue weighted by atomic mass is 31.0. The summed E-state index contributed by atoms with van der Waals surface area (Å²) >= 11 is 0. The quantitative estimate of drug-likeness (QED) is 0.0821. The zero-order valence-electron chi connectivity index (χ0n) is 41.0. The van der Waals surface area contributed by atoms with E-state index >= 15 is 0 Å². The molecule has 0 aliphatic rings. The minimum atomic E-state index is 0.946. The molecule has 354 valence electrons. The molecule has 0 amide bonds. The van der Waals surface area contributed by atoms with Gasteiger partial charge in [0, 0.05) is 56.7 Å². The normalized spacial score (nSPS) is 10.8. The summed E-state index contributed by atoms with van der Waals surface area (Å²) in [5, 5.41) is 7.16. The number of hydrogen-bond acceptors (Lipinski definition) is 5. The fourth-order valence-electron chi connectivity index (χ4n) is 9.99. The lowest BCUT2D eigenvalue weighted by Crippen LogP contribution is -2.10. The van der Waals surface area contributed by atoms with Crippen LogP contribution >= 0.6 is 9.03 Å². The molecule has 11 aromatic carbocycles. The van der Waals surface area contributed by atoms with E-state index in [1.807, 2.05) is 24.5 Å². The average Bonchev–Trinajstić information content (AvgIpc) is 3.49. The average molecular weight is 978 g/mol. The number of benzene rings is 11. The molecule has 13 aromatic rings. The van der Waals surface area contributed by atoms with Crippen molar-refractivity contribution in [3.8, 4) is 33.4 Å². The third kappa shape index (κ3) is 10.2. The van der Waals surface area contributed by atoms with Gasteiger partial charge in [0.25, 0.3) is 7.98 Å². The van der Waals surface area contributed by atoms with Crippen molar-refractivity contribution >= 4 is 94.5 Å². The Labute approximate surface area is 441 Å². The first-order valence-electron chi connectivity index (χ1n) is 24.9. The van der Waals surface area contributed by atoms with Gasteiger partial charge in [-0.25, -0.2) is 0 Å². The van der Waals surface area contributed by atoms with E-state index in [1.165, 1.54) is 54.9 Å². The van der Waals surface area contributed by atoms with E-state index in [1.54, 1.807) is 0 Å². The van der Waals surface area contributed by atoms with Crippen molar-refractivity contribution < 1.29 is 0 Å². The fraction of sp³-hybridized carbons (Fsp3) is 0. The van der Waals surface area contributed by atoms with Crippen LogP contribution < -0.4 is 9.80 Å². The second-order valence-corrected chi connectivity index (χ2v) is 18.1. The van der Waals surface area contributed by atoms with Crippen molar-refractivity contribution in [2.24, 2.45) is 4.66 Å². The van der Waals surface area contributed by atoms with Gasteiger partial charge < -0.3 is 14.5 Å². The molecule has 0 bridgehead atoms. The van der Waals surface area contributed by atoms with Crippen LogP contribution in [0.2, 0.25) is 0 Å². The zero-order chi connectivity index (χ0) is 50.8. The summed E-state index contributed by atoms with van der Waals surface area (Å²) < 4.78 is 2.81. The lowest BCUT2D eigenvalue weighted by Gasteiger charge is -2.27. The van der Waals surface area contributed by atoms with Crippen LogP contribution in [0.1, 0.15) is 0 Å². The molecule has 5 nitrogen and oxygen atoms in total. The summed E-state index contributed by atoms with van der Waals surface area (Å²) in [6.45, 7) is 0. The predicted molar refractivity (Wildman–Crippen MR) is 321 cm³/mol. The van der Waals surface area contributed by atoms with E-state index < -0.39 is 0 Å². The Kier molecular flexibility index (Phi) is 14.4. The number of hydrogen-bond donors (Lipinski definition) is 0. The van der Waals surface area contributed by atoms with Crippen molar-refractivity contribution in [3.63, 3.8) is 0 Å². The number of pyridine rings is 2. The number of para-hydroxylation sites is 2. The zero-order valence-corrected chi connectivity index (χ0v) is 42.0. The Bertz CT molecular complexity index is 3760. The molecule has 0 unspecified atom stereocenters. The maximum absolute atomic E-state index is 4.67. The van der Waals surface area contributed by atoms with Crippen LogP contribution in [0.25, 0.3) is 76.7 Å². The molecule has 0 spiro atoms. The van der Waals surface area contributed by atoms with Crippen LogP contribution in [0, 0.1) is 0 Å². The highest BCUT2D eigenvalue weighted by Crippen LogP contribution is 2.42. The van der Waals surface area contributed by atoms with E-state index in [0.717, 1.165) is 55.9 Å². The van der Waals surface area contributed by atoms with Gasteiger partial charge in [-0.2, -0.15) is 0 Å². The van der Waals surface area contributed by atoms with Crippen molar-refractivity contribution in [3.05, 3.63) is 291 Å². The van der Waals surface area contributed by atoms with Crippen LogP contribution in [0.5, 0.6) is 0 Å². The first-order valence-corrected chi connectivity index (χ1v) is 25.3. The Morgan fingerprint density at radius 3 is 1.00 bits per heavy atom. The maximum atomic E-state index is 4.67. The molecule has 0 aliphatic heterocycles. The van der Waals surface area contributed by atoms with Crippen molar-refractivity contribution in [1.29, 1.82) is 0 Å². The molecule has 0 atom stereocenters. The number of nitrogens with zero attached hydrogens (tertiary/aromatic N) is 5. The van der Waals surface area contributed by atoms with Crippen molar-refractivity contribution in [2.75, 3.05) is 9.80 Å². The van der Waals surface area contributed by atoms with E-state index in [-0.39, 0.29) is 0 Å². The lowest BCUT2D eigenvalue weighted by molar-refractivity contribution is 1.29. The third-order valence-corrected chi connectivity index (χ3v) is 13.4. The highest BCUT2D eigenvalue weighted by molar-refractivity contribution is 7.05. The topological polar surface area (TPSA) is 44.6 Å².